The summed E-state index contributed by atoms with van der Waals surface area (Å²) in [6, 6.07) is 8.13. The van der Waals surface area contributed by atoms with Crippen LogP contribution in [0.5, 0.6) is 11.5 Å². The number of rotatable bonds is 1. The van der Waals surface area contributed by atoms with Gasteiger partial charge in [0, 0.05) is 16.3 Å². The third-order valence-corrected chi connectivity index (χ3v) is 3.73. The second-order valence-electron chi connectivity index (χ2n) is 4.34. The molecule has 2 aromatic carbocycles. The number of H-pyrrole nitrogens is 1. The highest BCUT2D eigenvalue weighted by Crippen LogP contribution is 2.42. The summed E-state index contributed by atoms with van der Waals surface area (Å²) in [6.45, 7) is 2.05. The zero-order valence-corrected chi connectivity index (χ0v) is 11.6. The molecule has 1 aromatic heterocycles. The Balaban J connectivity index is 2.51. The van der Waals surface area contributed by atoms with Crippen LogP contribution in [0, 0.1) is 6.92 Å². The fourth-order valence-corrected chi connectivity index (χ4v) is 2.85. The number of methoxy groups -OCH3 is 1. The van der Waals surface area contributed by atoms with E-state index in [-0.39, 0.29) is 5.75 Å². The van der Waals surface area contributed by atoms with Gasteiger partial charge >= 0.3 is 0 Å². The van der Waals surface area contributed by atoms with Crippen LogP contribution < -0.4 is 4.74 Å². The molecule has 0 aliphatic carbocycles. The highest BCUT2D eigenvalue weighted by Gasteiger charge is 2.15. The summed E-state index contributed by atoms with van der Waals surface area (Å²) in [7, 11) is 1.54. The summed E-state index contributed by atoms with van der Waals surface area (Å²) in [4.78, 5) is 3.22. The van der Waals surface area contributed by atoms with Gasteiger partial charge in [-0.1, -0.05) is 11.6 Å². The molecule has 0 aliphatic heterocycles. The number of fused-ring (bicyclic) bond motifs is 3. The van der Waals surface area contributed by atoms with Crippen LogP contribution in [-0.4, -0.2) is 17.2 Å². The van der Waals surface area contributed by atoms with Crippen molar-refractivity contribution in [3.63, 3.8) is 0 Å². The number of aromatic hydroxyl groups is 1. The van der Waals surface area contributed by atoms with Crippen LogP contribution in [0.4, 0.5) is 0 Å². The predicted octanol–water partition coefficient (Wildman–Crippen LogP) is 4.11. The number of phenolic OH excluding ortho intramolecular Hbond substituents is 1. The van der Waals surface area contributed by atoms with Crippen LogP contribution in [0.25, 0.3) is 21.8 Å². The van der Waals surface area contributed by atoms with Crippen molar-refractivity contribution in [1.29, 1.82) is 0 Å². The third-order valence-electron chi connectivity index (χ3n) is 3.14. The van der Waals surface area contributed by atoms with Crippen LogP contribution >= 0.6 is 15.9 Å². The number of aromatic amines is 1. The van der Waals surface area contributed by atoms with Crippen molar-refractivity contribution in [2.45, 2.75) is 6.92 Å². The molecule has 0 atom stereocenters. The zero-order chi connectivity index (χ0) is 12.9. The summed E-state index contributed by atoms with van der Waals surface area (Å²) in [5, 5.41) is 12.3. The number of nitrogens with one attached hydrogen (secondary N) is 1. The van der Waals surface area contributed by atoms with E-state index in [4.69, 9.17) is 4.74 Å². The first-order valence-electron chi connectivity index (χ1n) is 5.59. The molecule has 18 heavy (non-hydrogen) atoms. The Hall–Kier alpha value is -1.68. The van der Waals surface area contributed by atoms with Crippen LogP contribution in [0.2, 0.25) is 0 Å². The van der Waals surface area contributed by atoms with Gasteiger partial charge in [-0.25, -0.2) is 0 Å². The van der Waals surface area contributed by atoms with Gasteiger partial charge in [-0.05, 0) is 41.1 Å². The van der Waals surface area contributed by atoms with E-state index >= 15 is 0 Å². The first-order valence-corrected chi connectivity index (χ1v) is 6.38. The second kappa shape index (κ2) is 3.92. The van der Waals surface area contributed by atoms with Gasteiger partial charge < -0.3 is 14.8 Å². The molecule has 0 spiro atoms. The highest BCUT2D eigenvalue weighted by atomic mass is 79.9. The highest BCUT2D eigenvalue weighted by molar-refractivity contribution is 9.10. The number of ether oxygens (including phenoxy) is 1. The van der Waals surface area contributed by atoms with Crippen LogP contribution in [0.1, 0.15) is 5.56 Å². The van der Waals surface area contributed by atoms with E-state index in [2.05, 4.69) is 33.9 Å². The van der Waals surface area contributed by atoms with Crippen molar-refractivity contribution in [2.24, 2.45) is 0 Å². The lowest BCUT2D eigenvalue weighted by Crippen LogP contribution is -1.86. The lowest BCUT2D eigenvalue weighted by atomic mass is 10.1. The number of aromatic nitrogens is 1. The molecular weight excluding hydrogens is 294 g/mol. The Morgan fingerprint density at radius 2 is 2.00 bits per heavy atom. The summed E-state index contributed by atoms with van der Waals surface area (Å²) >= 11 is 3.42. The summed E-state index contributed by atoms with van der Waals surface area (Å²) in [5.41, 5.74) is 2.90. The minimum Gasteiger partial charge on any atom is -0.503 e. The first-order chi connectivity index (χ1) is 8.61. The quantitative estimate of drug-likeness (QED) is 0.711. The number of halogens is 1. The van der Waals surface area contributed by atoms with Crippen molar-refractivity contribution in [3.05, 3.63) is 34.3 Å². The lowest BCUT2D eigenvalue weighted by molar-refractivity contribution is 0.374. The molecule has 1 heterocycles. The maximum atomic E-state index is 10.2. The molecule has 0 fully saturated rings. The molecule has 0 saturated carbocycles. The largest absolute Gasteiger partial charge is 0.503 e. The SMILES string of the molecule is COc1c(Br)cc2c([nH]c3ccc(C)cc32)c1O. The summed E-state index contributed by atoms with van der Waals surface area (Å²) < 4.78 is 5.93. The normalized spacial score (nSPS) is 11.3. The number of benzene rings is 2. The number of aryl methyl sites for hydroxylation is 1. The molecule has 3 aromatic rings. The summed E-state index contributed by atoms with van der Waals surface area (Å²) in [6.07, 6.45) is 0. The van der Waals surface area contributed by atoms with Gasteiger partial charge in [0.15, 0.2) is 11.5 Å². The van der Waals surface area contributed by atoms with Crippen molar-refractivity contribution >= 4 is 37.7 Å². The second-order valence-corrected chi connectivity index (χ2v) is 5.19. The molecule has 0 amide bonds. The van der Waals surface area contributed by atoms with E-state index in [0.29, 0.717) is 11.3 Å². The molecule has 0 saturated heterocycles. The Bertz CT molecular complexity index is 761. The van der Waals surface area contributed by atoms with Crippen molar-refractivity contribution in [1.82, 2.24) is 4.98 Å². The molecular formula is C14H12BrNO2. The van der Waals surface area contributed by atoms with E-state index in [1.807, 2.05) is 18.2 Å². The van der Waals surface area contributed by atoms with Gasteiger partial charge in [0.2, 0.25) is 0 Å². The number of hydrogen-bond acceptors (Lipinski definition) is 2. The van der Waals surface area contributed by atoms with Gasteiger partial charge in [-0.2, -0.15) is 0 Å². The number of hydrogen-bond donors (Lipinski definition) is 2. The molecule has 4 heteroatoms. The fraction of sp³-hybridized carbons (Fsp3) is 0.143. The first kappa shape index (κ1) is 11.4. The molecule has 0 unspecified atom stereocenters. The van der Waals surface area contributed by atoms with Crippen LogP contribution in [0.3, 0.4) is 0 Å². The van der Waals surface area contributed by atoms with Gasteiger partial charge in [-0.15, -0.1) is 0 Å². The fourth-order valence-electron chi connectivity index (χ4n) is 2.28. The average Bonchev–Trinajstić information content (AvgIpc) is 2.68. The molecule has 0 aliphatic rings. The maximum absolute atomic E-state index is 10.2. The topological polar surface area (TPSA) is 45.2 Å². The smallest absolute Gasteiger partial charge is 0.183 e. The van der Waals surface area contributed by atoms with Crippen molar-refractivity contribution in [3.8, 4) is 11.5 Å². The Labute approximate surface area is 113 Å². The minimum absolute atomic E-state index is 0.135. The number of phenols is 1. The zero-order valence-electron chi connectivity index (χ0n) is 10.0. The standard InChI is InChI=1S/C14H12BrNO2/c1-7-3-4-11-8(5-7)9-6-10(15)14(18-2)13(17)12(9)16-11/h3-6,16-17H,1-2H3. The lowest BCUT2D eigenvalue weighted by Gasteiger charge is -2.06. The van der Waals surface area contributed by atoms with Gasteiger partial charge in [0.05, 0.1) is 17.1 Å². The van der Waals surface area contributed by atoms with E-state index in [0.717, 1.165) is 20.8 Å². The van der Waals surface area contributed by atoms with E-state index in [1.54, 1.807) is 7.11 Å². The Morgan fingerprint density at radius 1 is 1.22 bits per heavy atom. The maximum Gasteiger partial charge on any atom is 0.183 e. The van der Waals surface area contributed by atoms with E-state index in [1.165, 1.54) is 5.56 Å². The molecule has 3 rings (SSSR count). The predicted molar refractivity (Wildman–Crippen MR) is 76.5 cm³/mol. The molecule has 0 bridgehead atoms. The van der Waals surface area contributed by atoms with Crippen LogP contribution in [0.15, 0.2) is 28.7 Å². The van der Waals surface area contributed by atoms with Crippen molar-refractivity contribution in [2.75, 3.05) is 7.11 Å². The molecule has 92 valence electrons. The molecule has 2 N–H and O–H groups in total. The van der Waals surface area contributed by atoms with Gasteiger partial charge in [0.25, 0.3) is 0 Å². The van der Waals surface area contributed by atoms with Gasteiger partial charge in [-0.3, -0.25) is 0 Å². The summed E-state index contributed by atoms with van der Waals surface area (Å²) in [5.74, 6) is 0.585. The van der Waals surface area contributed by atoms with Gasteiger partial charge in [0.1, 0.15) is 0 Å². The average molecular weight is 306 g/mol. The van der Waals surface area contributed by atoms with Crippen LogP contribution in [-0.2, 0) is 0 Å². The van der Waals surface area contributed by atoms with Crippen molar-refractivity contribution < 1.29 is 9.84 Å². The Kier molecular flexibility index (Phi) is 2.48. The van der Waals surface area contributed by atoms with E-state index < -0.39 is 0 Å². The Morgan fingerprint density at radius 3 is 2.72 bits per heavy atom. The third kappa shape index (κ3) is 1.49. The minimum atomic E-state index is 0.135. The van der Waals surface area contributed by atoms with E-state index in [9.17, 15) is 5.11 Å². The molecule has 3 nitrogen and oxygen atoms in total. The molecule has 0 radical (unpaired) electrons. The monoisotopic (exact) mass is 305 g/mol.